The fourth-order valence-electron chi connectivity index (χ4n) is 2.79. The van der Waals surface area contributed by atoms with E-state index in [0.717, 1.165) is 41.5 Å². The van der Waals surface area contributed by atoms with Crippen LogP contribution in [0.25, 0.3) is 10.8 Å². The van der Waals surface area contributed by atoms with Gasteiger partial charge >= 0.3 is 0 Å². The predicted octanol–water partition coefficient (Wildman–Crippen LogP) is 1.78. The van der Waals surface area contributed by atoms with Gasteiger partial charge in [-0.25, -0.2) is 0 Å². The highest BCUT2D eigenvalue weighted by Crippen LogP contribution is 2.34. The summed E-state index contributed by atoms with van der Waals surface area (Å²) >= 11 is 0. The fourth-order valence-corrected chi connectivity index (χ4v) is 2.79. The number of aromatic nitrogens is 1. The van der Waals surface area contributed by atoms with Crippen molar-refractivity contribution >= 4 is 22.1 Å². The molecule has 2 aromatic rings. The molecule has 1 aliphatic heterocycles. The van der Waals surface area contributed by atoms with Crippen LogP contribution in [0.3, 0.4) is 0 Å². The Kier molecular flexibility index (Phi) is 2.80. The minimum atomic E-state index is 0.205. The Balaban J connectivity index is 2.15. The quantitative estimate of drug-likeness (QED) is 0.789. The first-order chi connectivity index (χ1) is 8.81. The molecule has 0 radical (unpaired) electrons. The van der Waals surface area contributed by atoms with Crippen molar-refractivity contribution in [3.8, 4) is 0 Å². The smallest absolute Gasteiger partial charge is 0.0635 e. The number of hydrogen-bond donors (Lipinski definition) is 2. The molecule has 1 saturated heterocycles. The average molecular weight is 243 g/mol. The van der Waals surface area contributed by atoms with Crippen molar-refractivity contribution in [1.82, 2.24) is 4.98 Å². The highest BCUT2D eigenvalue weighted by Gasteiger charge is 2.25. The summed E-state index contributed by atoms with van der Waals surface area (Å²) in [5.74, 6) is 0. The van der Waals surface area contributed by atoms with Crippen molar-refractivity contribution in [2.45, 2.75) is 18.9 Å². The van der Waals surface area contributed by atoms with Gasteiger partial charge in [0.05, 0.1) is 12.6 Å². The lowest BCUT2D eigenvalue weighted by molar-refractivity contribution is 0.266. The topological polar surface area (TPSA) is 62.4 Å². The van der Waals surface area contributed by atoms with Crippen LogP contribution in [0.4, 0.5) is 11.4 Å². The third-order valence-electron chi connectivity index (χ3n) is 3.73. The summed E-state index contributed by atoms with van der Waals surface area (Å²) in [7, 11) is 0. The van der Waals surface area contributed by atoms with Gasteiger partial charge in [0.15, 0.2) is 0 Å². The number of nitrogen functional groups attached to an aromatic ring is 1. The fraction of sp³-hybridized carbons (Fsp3) is 0.357. The van der Waals surface area contributed by atoms with Crippen LogP contribution < -0.4 is 10.6 Å². The van der Waals surface area contributed by atoms with Crippen molar-refractivity contribution < 1.29 is 5.11 Å². The van der Waals surface area contributed by atoms with E-state index in [-0.39, 0.29) is 12.6 Å². The molecule has 18 heavy (non-hydrogen) atoms. The largest absolute Gasteiger partial charge is 0.398 e. The van der Waals surface area contributed by atoms with Gasteiger partial charge in [0.25, 0.3) is 0 Å². The first-order valence-corrected chi connectivity index (χ1v) is 6.31. The van der Waals surface area contributed by atoms with Gasteiger partial charge in [0, 0.05) is 41.1 Å². The van der Waals surface area contributed by atoms with E-state index >= 15 is 0 Å². The molecule has 1 aromatic heterocycles. The molecule has 3 rings (SSSR count). The zero-order chi connectivity index (χ0) is 12.5. The van der Waals surface area contributed by atoms with E-state index in [4.69, 9.17) is 5.73 Å². The Morgan fingerprint density at radius 2 is 2.22 bits per heavy atom. The monoisotopic (exact) mass is 243 g/mol. The zero-order valence-electron chi connectivity index (χ0n) is 10.2. The van der Waals surface area contributed by atoms with Gasteiger partial charge in [-0.1, -0.05) is 0 Å². The SMILES string of the molecule is Nc1ccc(N2CCCC2CO)c2ccncc12. The third kappa shape index (κ3) is 1.69. The van der Waals surface area contributed by atoms with E-state index in [9.17, 15) is 5.11 Å². The molecule has 1 fully saturated rings. The Morgan fingerprint density at radius 3 is 3.06 bits per heavy atom. The Hall–Kier alpha value is -1.81. The molecule has 1 aliphatic rings. The molecule has 4 heteroatoms. The highest BCUT2D eigenvalue weighted by atomic mass is 16.3. The number of fused-ring (bicyclic) bond motifs is 1. The van der Waals surface area contributed by atoms with Crippen LogP contribution in [0.5, 0.6) is 0 Å². The number of nitrogens with two attached hydrogens (primary N) is 1. The maximum atomic E-state index is 9.45. The lowest BCUT2D eigenvalue weighted by Gasteiger charge is -2.26. The molecule has 3 N–H and O–H groups in total. The van der Waals surface area contributed by atoms with Crippen LogP contribution in [-0.2, 0) is 0 Å². The number of anilines is 2. The summed E-state index contributed by atoms with van der Waals surface area (Å²) in [5.41, 5.74) is 7.89. The van der Waals surface area contributed by atoms with Crippen LogP contribution in [0.15, 0.2) is 30.6 Å². The normalized spacial score (nSPS) is 19.6. The molecular weight excluding hydrogens is 226 g/mol. The molecule has 1 aromatic carbocycles. The maximum absolute atomic E-state index is 9.45. The van der Waals surface area contributed by atoms with Gasteiger partial charge in [-0.15, -0.1) is 0 Å². The van der Waals surface area contributed by atoms with E-state index in [1.54, 1.807) is 12.4 Å². The van der Waals surface area contributed by atoms with E-state index in [1.165, 1.54) is 0 Å². The predicted molar refractivity (Wildman–Crippen MR) is 73.6 cm³/mol. The van der Waals surface area contributed by atoms with Crippen LogP contribution in [0, 0.1) is 0 Å². The number of aliphatic hydroxyl groups excluding tert-OH is 1. The number of benzene rings is 1. The van der Waals surface area contributed by atoms with Crippen molar-refractivity contribution in [3.05, 3.63) is 30.6 Å². The summed E-state index contributed by atoms with van der Waals surface area (Å²) in [4.78, 5) is 6.41. The summed E-state index contributed by atoms with van der Waals surface area (Å²) in [6, 6.07) is 6.19. The van der Waals surface area contributed by atoms with Crippen molar-refractivity contribution in [2.75, 3.05) is 23.8 Å². The molecular formula is C14H17N3O. The molecule has 94 valence electrons. The Morgan fingerprint density at radius 1 is 1.33 bits per heavy atom. The minimum Gasteiger partial charge on any atom is -0.398 e. The number of nitrogens with zero attached hydrogens (tertiary/aromatic N) is 2. The number of pyridine rings is 1. The lowest BCUT2D eigenvalue weighted by Crippen LogP contribution is -2.32. The summed E-state index contributed by atoms with van der Waals surface area (Å²) < 4.78 is 0. The molecule has 1 unspecified atom stereocenters. The first-order valence-electron chi connectivity index (χ1n) is 6.31. The maximum Gasteiger partial charge on any atom is 0.0635 e. The molecule has 2 heterocycles. The zero-order valence-corrected chi connectivity index (χ0v) is 10.2. The van der Waals surface area contributed by atoms with Gasteiger partial charge in [0.2, 0.25) is 0 Å². The van der Waals surface area contributed by atoms with Gasteiger partial charge in [-0.2, -0.15) is 0 Å². The Bertz CT molecular complexity index is 570. The summed E-state index contributed by atoms with van der Waals surface area (Å²) in [5, 5.41) is 11.5. The van der Waals surface area contributed by atoms with Gasteiger partial charge in [0.1, 0.15) is 0 Å². The molecule has 0 saturated carbocycles. The van der Waals surface area contributed by atoms with E-state index in [1.807, 2.05) is 18.2 Å². The lowest BCUT2D eigenvalue weighted by atomic mass is 10.1. The van der Waals surface area contributed by atoms with Crippen molar-refractivity contribution in [2.24, 2.45) is 0 Å². The van der Waals surface area contributed by atoms with Gasteiger partial charge in [-0.05, 0) is 31.0 Å². The number of aliphatic hydroxyl groups is 1. The van der Waals surface area contributed by atoms with E-state index in [0.29, 0.717) is 0 Å². The van der Waals surface area contributed by atoms with Gasteiger partial charge in [-0.3, -0.25) is 4.98 Å². The van der Waals surface area contributed by atoms with Crippen LogP contribution >= 0.6 is 0 Å². The third-order valence-corrected chi connectivity index (χ3v) is 3.73. The van der Waals surface area contributed by atoms with Crippen LogP contribution in [0.2, 0.25) is 0 Å². The Labute approximate surface area is 106 Å². The molecule has 0 amide bonds. The van der Waals surface area contributed by atoms with Gasteiger partial charge < -0.3 is 15.7 Å². The second kappa shape index (κ2) is 4.46. The van der Waals surface area contributed by atoms with Crippen molar-refractivity contribution in [1.29, 1.82) is 0 Å². The standard InChI is InChI=1S/C14H17N3O/c15-13-3-4-14(11-5-6-16-8-12(11)13)17-7-1-2-10(17)9-18/h3-6,8,10,18H,1-2,7,9,15H2. The number of hydrogen-bond acceptors (Lipinski definition) is 4. The number of rotatable bonds is 2. The van der Waals surface area contributed by atoms with Crippen LogP contribution in [-0.4, -0.2) is 29.3 Å². The molecule has 0 aliphatic carbocycles. The van der Waals surface area contributed by atoms with Crippen molar-refractivity contribution in [3.63, 3.8) is 0 Å². The second-order valence-electron chi connectivity index (χ2n) is 4.77. The molecule has 0 spiro atoms. The average Bonchev–Trinajstić information content (AvgIpc) is 2.88. The molecule has 4 nitrogen and oxygen atoms in total. The summed E-state index contributed by atoms with van der Waals surface area (Å²) in [6.07, 6.45) is 5.77. The highest BCUT2D eigenvalue weighted by molar-refractivity contribution is 6.01. The van der Waals surface area contributed by atoms with E-state index < -0.39 is 0 Å². The minimum absolute atomic E-state index is 0.205. The second-order valence-corrected chi connectivity index (χ2v) is 4.77. The first kappa shape index (κ1) is 11.3. The van der Waals surface area contributed by atoms with Crippen LogP contribution in [0.1, 0.15) is 12.8 Å². The summed E-state index contributed by atoms with van der Waals surface area (Å²) in [6.45, 7) is 1.20. The molecule has 0 bridgehead atoms. The van der Waals surface area contributed by atoms with E-state index in [2.05, 4.69) is 9.88 Å². The molecule has 1 atom stereocenters.